The Balaban J connectivity index is 2.78. The largest absolute Gasteiger partial charge is 0.444 e. The van der Waals surface area contributed by atoms with E-state index in [1.54, 1.807) is 0 Å². The molecule has 1 aliphatic heterocycles. The number of amides is 1. The van der Waals surface area contributed by atoms with Crippen molar-refractivity contribution in [3.8, 4) is 0 Å². The molecule has 0 aliphatic carbocycles. The van der Waals surface area contributed by atoms with Crippen LogP contribution in [0.3, 0.4) is 0 Å². The summed E-state index contributed by atoms with van der Waals surface area (Å²) in [5.74, 6) is -3.11. The van der Waals surface area contributed by atoms with Gasteiger partial charge in [0, 0.05) is 36.6 Å². The number of hydrogen-bond acceptors (Lipinski definition) is 4. The van der Waals surface area contributed by atoms with Gasteiger partial charge in [-0.25, -0.2) is 9.78 Å². The Hall–Kier alpha value is -0.620. The molecule has 19 heavy (non-hydrogen) atoms. The van der Waals surface area contributed by atoms with Crippen LogP contribution in [0.5, 0.6) is 0 Å². The molecule has 1 amide bonds. The van der Waals surface area contributed by atoms with E-state index in [1.807, 2.05) is 0 Å². The summed E-state index contributed by atoms with van der Waals surface area (Å²) in [6, 6.07) is 0. The van der Waals surface area contributed by atoms with Crippen molar-refractivity contribution >= 4 is 33.4 Å². The minimum atomic E-state index is -3.44. The van der Waals surface area contributed by atoms with Crippen LogP contribution in [0.2, 0.25) is 0 Å². The number of hydrogen-bond donors (Lipinski definition) is 0. The molecule has 0 unspecified atom stereocenters. The van der Waals surface area contributed by atoms with Gasteiger partial charge < -0.3 is 9.64 Å². The van der Waals surface area contributed by atoms with Crippen LogP contribution in [0, 0.1) is 0 Å². The highest BCUT2D eigenvalue weighted by Crippen LogP contribution is 2.31. The number of nitrogens with zero attached hydrogens (tertiary/aromatic N) is 2. The summed E-state index contributed by atoms with van der Waals surface area (Å²) in [5.41, 5.74) is -1.17. The second kappa shape index (κ2) is 5.79. The summed E-state index contributed by atoms with van der Waals surface area (Å²) < 4.78 is 80.0. The van der Waals surface area contributed by atoms with Gasteiger partial charge in [-0.05, 0) is 49.4 Å². The number of thiazole rings is 1. The summed E-state index contributed by atoms with van der Waals surface area (Å²) in [7, 11) is 0. The zero-order valence-electron chi connectivity index (χ0n) is 19.6. The Morgan fingerprint density at radius 1 is 1.63 bits per heavy atom. The fourth-order valence-electron chi connectivity index (χ4n) is 1.16. The Morgan fingerprint density at radius 2 is 2.26 bits per heavy atom. The van der Waals surface area contributed by atoms with Crippen LogP contribution in [0.1, 0.15) is 56.8 Å². The number of likely N-dealkylation sites (tertiary alicyclic amines) is 1. The van der Waals surface area contributed by atoms with Crippen LogP contribution in [-0.4, -0.2) is 34.6 Å². The van der Waals surface area contributed by atoms with E-state index >= 15 is 0 Å². The third-order valence-electron chi connectivity index (χ3n) is 1.85. The van der Waals surface area contributed by atoms with Gasteiger partial charge in [0.25, 0.3) is 0 Å². The molecule has 0 spiro atoms. The molecule has 106 valence electrons. The van der Waals surface area contributed by atoms with Gasteiger partial charge in [-0.15, -0.1) is 11.3 Å². The zero-order chi connectivity index (χ0) is 22.1. The van der Waals surface area contributed by atoms with Crippen molar-refractivity contribution < 1.29 is 21.9 Å². The molecule has 2 rings (SSSR count). The lowest BCUT2D eigenvalue weighted by molar-refractivity contribution is 0.0205. The highest BCUT2D eigenvalue weighted by Gasteiger charge is 2.28. The summed E-state index contributed by atoms with van der Waals surface area (Å²) in [4.78, 5) is 16.2. The van der Waals surface area contributed by atoms with Crippen molar-refractivity contribution in [2.75, 3.05) is 13.0 Å². The summed E-state index contributed by atoms with van der Waals surface area (Å²) in [6.45, 7) is -2.53. The van der Waals surface area contributed by atoms with Gasteiger partial charge in [0.2, 0.25) is 0 Å². The second-order valence-corrected chi connectivity index (χ2v) is 6.31. The SMILES string of the molecule is [2H]C1([2H])N(C(=O)OC(C)(C)C)C([2H])([2H])C([2H])([2H])C([2H])(c2nc(Br)cs2)C1([2H])[2H]. The number of halogens is 1. The highest BCUT2D eigenvalue weighted by atomic mass is 79.9. The predicted molar refractivity (Wildman–Crippen MR) is 79.6 cm³/mol. The standard InChI is InChI=1S/C13H19BrN2O2S/c1-13(2,3)18-12(17)16-6-4-9(5-7-16)11-15-10(14)8-19-11/h8-9H,4-7H2,1-3H3/i4D2,5D2,6D2,7D2,9D. The molecule has 1 aliphatic rings. The minimum absolute atomic E-state index is 0.168. The van der Waals surface area contributed by atoms with Gasteiger partial charge in [0.15, 0.2) is 0 Å². The molecule has 0 radical (unpaired) electrons. The molecule has 0 saturated carbocycles. The molecule has 6 heteroatoms. The fraction of sp³-hybridized carbons (Fsp3) is 0.692. The summed E-state index contributed by atoms with van der Waals surface area (Å²) in [5, 5.41) is 0.884. The summed E-state index contributed by atoms with van der Waals surface area (Å²) in [6.07, 6.45) is -8.37. The number of aromatic nitrogens is 1. The van der Waals surface area contributed by atoms with Crippen LogP contribution < -0.4 is 0 Å². The molecule has 0 bridgehead atoms. The third-order valence-corrected chi connectivity index (χ3v) is 3.42. The molecule has 1 aromatic rings. The average Bonchev–Trinajstić information content (AvgIpc) is 2.88. The minimum Gasteiger partial charge on any atom is -0.444 e. The monoisotopic (exact) mass is 355 g/mol. The van der Waals surface area contributed by atoms with E-state index in [2.05, 4.69) is 20.9 Å². The highest BCUT2D eigenvalue weighted by molar-refractivity contribution is 9.10. The molecule has 0 atom stereocenters. The number of carbonyl (C=O) groups is 1. The van der Waals surface area contributed by atoms with Crippen molar-refractivity contribution in [2.45, 2.75) is 45.0 Å². The van der Waals surface area contributed by atoms with E-state index in [0.29, 0.717) is 11.3 Å². The number of rotatable bonds is 1. The van der Waals surface area contributed by atoms with Crippen LogP contribution in [-0.2, 0) is 4.74 Å². The molecule has 1 aromatic heterocycles. The van der Waals surface area contributed by atoms with Crippen molar-refractivity contribution in [1.29, 1.82) is 0 Å². The summed E-state index contributed by atoms with van der Waals surface area (Å²) >= 11 is 3.71. The maximum atomic E-state index is 12.6. The Morgan fingerprint density at radius 3 is 2.74 bits per heavy atom. The number of ether oxygens (including phenoxy) is 1. The first-order valence-electron chi connectivity index (χ1n) is 9.90. The van der Waals surface area contributed by atoms with E-state index in [-0.39, 0.29) is 9.50 Å². The third kappa shape index (κ3) is 4.18. The van der Waals surface area contributed by atoms with E-state index in [1.165, 1.54) is 26.2 Å². The average molecular weight is 356 g/mol. The predicted octanol–water partition coefficient (Wildman–Crippen LogP) is 4.02. The molecule has 0 N–H and O–H groups in total. The molecule has 4 nitrogen and oxygen atoms in total. The molecule has 1 fully saturated rings. The van der Waals surface area contributed by atoms with Gasteiger partial charge in [-0.1, -0.05) is 0 Å². The van der Waals surface area contributed by atoms with Crippen LogP contribution in [0.25, 0.3) is 0 Å². The molecular weight excluding hydrogens is 328 g/mol. The first-order chi connectivity index (χ1) is 12.2. The van der Waals surface area contributed by atoms with E-state index < -0.39 is 48.3 Å². The maximum Gasteiger partial charge on any atom is 0.410 e. The van der Waals surface area contributed by atoms with Crippen LogP contribution >= 0.6 is 27.3 Å². The van der Waals surface area contributed by atoms with Gasteiger partial charge in [-0.3, -0.25) is 0 Å². The molecular formula is C13H19BrN2O2S. The van der Waals surface area contributed by atoms with Crippen LogP contribution in [0.4, 0.5) is 4.79 Å². The lowest BCUT2D eigenvalue weighted by atomic mass is 9.98. The lowest BCUT2D eigenvalue weighted by Gasteiger charge is -2.32. The Bertz CT molecular complexity index is 765. The number of piperidine rings is 1. The maximum absolute atomic E-state index is 12.6. The van der Waals surface area contributed by atoms with Gasteiger partial charge in [0.05, 0.1) is 5.01 Å². The molecule has 1 saturated heterocycles. The van der Waals surface area contributed by atoms with Gasteiger partial charge in [-0.2, -0.15) is 0 Å². The van der Waals surface area contributed by atoms with Crippen molar-refractivity contribution in [3.63, 3.8) is 0 Å². The van der Waals surface area contributed by atoms with Crippen molar-refractivity contribution in [1.82, 2.24) is 9.88 Å². The Labute approximate surface area is 138 Å². The number of carbonyl (C=O) groups excluding carboxylic acids is 1. The van der Waals surface area contributed by atoms with E-state index in [0.717, 1.165) is 0 Å². The fourth-order valence-corrected chi connectivity index (χ4v) is 2.37. The van der Waals surface area contributed by atoms with E-state index in [9.17, 15) is 4.79 Å². The quantitative estimate of drug-likeness (QED) is 0.763. The first-order valence-corrected chi connectivity index (χ1v) is 7.07. The normalized spacial score (nSPS) is 36.8. The molecule has 2 heterocycles. The first kappa shape index (κ1) is 6.89. The van der Waals surface area contributed by atoms with Crippen molar-refractivity contribution in [3.05, 3.63) is 15.0 Å². The van der Waals surface area contributed by atoms with Gasteiger partial charge in [0.1, 0.15) is 10.2 Å². The smallest absolute Gasteiger partial charge is 0.410 e. The Kier molecular flexibility index (Phi) is 2.10. The zero-order valence-corrected chi connectivity index (χ0v) is 13.0. The topological polar surface area (TPSA) is 42.4 Å². The lowest BCUT2D eigenvalue weighted by Crippen LogP contribution is -2.41. The van der Waals surface area contributed by atoms with E-state index in [4.69, 9.17) is 17.1 Å². The second-order valence-electron chi connectivity index (χ2n) is 4.64. The van der Waals surface area contributed by atoms with Gasteiger partial charge >= 0.3 is 6.09 Å². The molecule has 0 aromatic carbocycles. The van der Waals surface area contributed by atoms with Crippen LogP contribution in [0.15, 0.2) is 9.98 Å². The van der Waals surface area contributed by atoms with Crippen molar-refractivity contribution in [2.24, 2.45) is 0 Å².